The average molecular weight is 901 g/mol. The average Bonchev–Trinajstić information content (AvgIpc) is 4.01. The van der Waals surface area contributed by atoms with E-state index in [-0.39, 0.29) is 23.7 Å². The molecule has 7 rings (SSSR count). The number of fused-ring (bicyclic) bond motifs is 6. The molecule has 3 heterocycles. The van der Waals surface area contributed by atoms with Crippen molar-refractivity contribution < 1.29 is 38.1 Å². The number of aromatic amines is 2. The molecule has 5 unspecified atom stereocenters. The predicted molar refractivity (Wildman–Crippen MR) is 251 cm³/mol. The van der Waals surface area contributed by atoms with E-state index in [1.54, 1.807) is 35.2 Å². The van der Waals surface area contributed by atoms with E-state index >= 15 is 0 Å². The molecule has 2 aromatic heterocycles. The lowest BCUT2D eigenvalue weighted by molar-refractivity contribution is -0.138. The topological polar surface area (TPSA) is 193 Å². The molecule has 4 N–H and O–H groups in total. The molecule has 1 aliphatic heterocycles. The van der Waals surface area contributed by atoms with E-state index in [0.29, 0.717) is 49.9 Å². The number of H-pyrrole nitrogens is 2. The third-order valence-electron chi connectivity index (χ3n) is 12.2. The minimum Gasteiger partial charge on any atom is -0.488 e. The molecule has 5 atom stereocenters. The molecule has 66 heavy (non-hydrogen) atoms. The van der Waals surface area contributed by atoms with Gasteiger partial charge in [-0.15, -0.1) is 0 Å². The number of alkyl carbamates (subject to hydrolysis) is 2. The first-order chi connectivity index (χ1) is 31.8. The zero-order valence-electron chi connectivity index (χ0n) is 39.1. The lowest BCUT2D eigenvalue weighted by atomic mass is 9.92. The summed E-state index contributed by atoms with van der Waals surface area (Å²) in [5, 5.41) is 7.33. The largest absolute Gasteiger partial charge is 0.488 e. The molecule has 4 aromatic carbocycles. The second-order valence-electron chi connectivity index (χ2n) is 17.3. The lowest BCUT2D eigenvalue weighted by Crippen LogP contribution is -2.53. The van der Waals surface area contributed by atoms with Crippen LogP contribution in [-0.2, 0) is 30.4 Å². The number of amides is 4. The smallest absolute Gasteiger partial charge is 0.407 e. The van der Waals surface area contributed by atoms with Crippen molar-refractivity contribution >= 4 is 45.8 Å². The number of nitrogens with one attached hydrogen (secondary N) is 4. The summed E-state index contributed by atoms with van der Waals surface area (Å²) in [5.41, 5.74) is 6.95. The van der Waals surface area contributed by atoms with Gasteiger partial charge in [-0.1, -0.05) is 76.2 Å². The molecule has 1 aliphatic rings. The highest BCUT2D eigenvalue weighted by Gasteiger charge is 2.35. The molecule has 0 saturated heterocycles. The number of aromatic nitrogens is 4. The first-order valence-electron chi connectivity index (χ1n) is 22.4. The third-order valence-corrected chi connectivity index (χ3v) is 12.2. The first kappa shape index (κ1) is 47.0. The maximum absolute atomic E-state index is 14.2. The van der Waals surface area contributed by atoms with Gasteiger partial charge in [0, 0.05) is 31.1 Å². The van der Waals surface area contributed by atoms with Crippen LogP contribution < -0.4 is 15.4 Å². The van der Waals surface area contributed by atoms with Gasteiger partial charge in [-0.3, -0.25) is 9.59 Å². The number of carbonyl (C=O) groups is 4. The fourth-order valence-corrected chi connectivity index (χ4v) is 8.66. The Morgan fingerprint density at radius 3 is 2.23 bits per heavy atom. The summed E-state index contributed by atoms with van der Waals surface area (Å²) in [5.74, 6) is 1.26. The highest BCUT2D eigenvalue weighted by molar-refractivity contribution is 6.07. The van der Waals surface area contributed by atoms with Gasteiger partial charge in [0.1, 0.15) is 36.1 Å². The van der Waals surface area contributed by atoms with Crippen molar-refractivity contribution in [1.82, 2.24) is 40.4 Å². The van der Waals surface area contributed by atoms with E-state index < -0.39 is 36.4 Å². The molecule has 0 spiro atoms. The Labute approximate surface area is 384 Å². The zero-order valence-corrected chi connectivity index (χ0v) is 39.1. The van der Waals surface area contributed by atoms with E-state index in [9.17, 15) is 19.2 Å². The van der Waals surface area contributed by atoms with Crippen LogP contribution in [-0.4, -0.2) is 101 Å². The van der Waals surface area contributed by atoms with Crippen molar-refractivity contribution in [3.63, 3.8) is 0 Å². The molecule has 0 radical (unpaired) electrons. The summed E-state index contributed by atoms with van der Waals surface area (Å²) in [6, 6.07) is 20.9. The van der Waals surface area contributed by atoms with Crippen molar-refractivity contribution in [1.29, 1.82) is 0 Å². The summed E-state index contributed by atoms with van der Waals surface area (Å²) in [7, 11) is 4.18. The van der Waals surface area contributed by atoms with E-state index in [0.717, 1.165) is 55.5 Å². The molecular formula is C50H60N8O8. The van der Waals surface area contributed by atoms with E-state index in [1.807, 2.05) is 71.9 Å². The van der Waals surface area contributed by atoms with Crippen LogP contribution in [0, 0.1) is 11.8 Å². The number of hydrogen-bond donors (Lipinski definition) is 4. The fourth-order valence-electron chi connectivity index (χ4n) is 8.66. The molecule has 16 nitrogen and oxygen atoms in total. The Morgan fingerprint density at radius 2 is 1.53 bits per heavy atom. The normalized spacial score (nSPS) is 14.3. The van der Waals surface area contributed by atoms with Gasteiger partial charge in [-0.2, -0.15) is 0 Å². The standard InChI is InChI=1S/C50H60N8O8/c1-10-20-57(48(60)43(56-50(62)65-9)32-14-12-11-13-15-32)30(5)45-51-24-40(53-45)34-16-18-36-35(21-34)27-66-41-23-37-33(22-38(36)41)17-19-39-44(37)54-46(52-39)31(6)58(25-29(4)26-63-7)47(59)42(28(2)3)55-49(61)64-8/h11-19,21-24,28-31,42-43H,10,20,25-27H2,1-9H3,(H,51,53)(H,52,54)(H,55,61)(H,56,62). The number of nitrogens with zero attached hydrogens (tertiary/aromatic N) is 4. The Hall–Kier alpha value is -6.94. The number of carbonyl (C=O) groups excluding carboxylic acids is 4. The minimum atomic E-state index is -0.940. The molecule has 0 fully saturated rings. The SMILES string of the molecule is CCCN(C(=O)C(NC(=O)OC)c1ccccc1)C(C)c1ncc(-c2ccc3c(c2)COc2cc4c(ccc5[nH]c(C(C)N(CC(C)COC)C(=O)C(NC(=O)OC)C(C)C)nc54)cc2-3)[nH]1. The second-order valence-corrected chi connectivity index (χ2v) is 17.3. The second kappa shape index (κ2) is 20.5. The summed E-state index contributed by atoms with van der Waals surface area (Å²) >= 11 is 0. The Morgan fingerprint density at radius 1 is 0.803 bits per heavy atom. The van der Waals surface area contributed by atoms with Gasteiger partial charge in [0.15, 0.2) is 0 Å². The monoisotopic (exact) mass is 900 g/mol. The van der Waals surface area contributed by atoms with Crippen molar-refractivity contribution in [2.24, 2.45) is 11.8 Å². The molecule has 0 saturated carbocycles. The van der Waals surface area contributed by atoms with Gasteiger partial charge < -0.3 is 49.3 Å². The fraction of sp³-hybridized carbons (Fsp3) is 0.400. The first-order valence-corrected chi connectivity index (χ1v) is 22.4. The number of methoxy groups -OCH3 is 3. The van der Waals surface area contributed by atoms with Crippen LogP contribution in [0.5, 0.6) is 5.75 Å². The van der Waals surface area contributed by atoms with Gasteiger partial charge in [0.25, 0.3) is 5.91 Å². The van der Waals surface area contributed by atoms with Crippen LogP contribution in [0.4, 0.5) is 9.59 Å². The van der Waals surface area contributed by atoms with Gasteiger partial charge >= 0.3 is 12.2 Å². The van der Waals surface area contributed by atoms with E-state index in [2.05, 4.69) is 50.9 Å². The highest BCUT2D eigenvalue weighted by atomic mass is 16.5. The van der Waals surface area contributed by atoms with Gasteiger partial charge in [0.05, 0.1) is 55.8 Å². The van der Waals surface area contributed by atoms with E-state index in [1.165, 1.54) is 14.2 Å². The van der Waals surface area contributed by atoms with Crippen molar-refractivity contribution in [2.45, 2.75) is 78.7 Å². The van der Waals surface area contributed by atoms with Crippen LogP contribution in [0.2, 0.25) is 0 Å². The van der Waals surface area contributed by atoms with E-state index in [4.69, 9.17) is 28.9 Å². The quantitative estimate of drug-likeness (QED) is 0.0689. The van der Waals surface area contributed by atoms with Crippen molar-refractivity contribution in [3.05, 3.63) is 102 Å². The lowest BCUT2D eigenvalue weighted by Gasteiger charge is -2.34. The highest BCUT2D eigenvalue weighted by Crippen LogP contribution is 2.43. The summed E-state index contributed by atoms with van der Waals surface area (Å²) in [6.45, 7) is 13.3. The van der Waals surface area contributed by atoms with Gasteiger partial charge in [0.2, 0.25) is 5.91 Å². The number of ether oxygens (including phenoxy) is 4. The van der Waals surface area contributed by atoms with Crippen molar-refractivity contribution in [2.75, 3.05) is 41.0 Å². The van der Waals surface area contributed by atoms with Gasteiger partial charge in [-0.25, -0.2) is 19.6 Å². The molecule has 4 amide bonds. The number of imidazole rings is 2. The molecule has 0 bridgehead atoms. The Balaban J connectivity index is 1.14. The Bertz CT molecular complexity index is 2700. The summed E-state index contributed by atoms with van der Waals surface area (Å²) < 4.78 is 21.6. The van der Waals surface area contributed by atoms with Crippen LogP contribution in [0.3, 0.4) is 0 Å². The Kier molecular flexibility index (Phi) is 14.6. The number of rotatable bonds is 17. The minimum absolute atomic E-state index is 0.0115. The summed E-state index contributed by atoms with van der Waals surface area (Å²) in [6.07, 6.45) is 1.11. The van der Waals surface area contributed by atoms with Crippen LogP contribution in [0.25, 0.3) is 44.2 Å². The maximum Gasteiger partial charge on any atom is 0.407 e. The maximum atomic E-state index is 14.2. The third kappa shape index (κ3) is 9.83. The number of benzene rings is 4. The molecule has 348 valence electrons. The molecule has 0 aliphatic carbocycles. The zero-order chi connectivity index (χ0) is 47.2. The summed E-state index contributed by atoms with van der Waals surface area (Å²) in [4.78, 5) is 73.2. The van der Waals surface area contributed by atoms with Crippen LogP contribution >= 0.6 is 0 Å². The van der Waals surface area contributed by atoms with Crippen LogP contribution in [0.1, 0.15) is 88.9 Å². The van der Waals surface area contributed by atoms with Gasteiger partial charge in [-0.05, 0) is 84.0 Å². The molecule has 6 aromatic rings. The molecular weight excluding hydrogens is 841 g/mol. The predicted octanol–water partition coefficient (Wildman–Crippen LogP) is 8.62. The van der Waals surface area contributed by atoms with Crippen molar-refractivity contribution in [3.8, 4) is 28.1 Å². The molecule has 16 heteroatoms. The van der Waals surface area contributed by atoms with Crippen LogP contribution in [0.15, 0.2) is 79.0 Å². The number of hydrogen-bond acceptors (Lipinski definition) is 10.